The van der Waals surface area contributed by atoms with E-state index in [2.05, 4.69) is 40.7 Å². The van der Waals surface area contributed by atoms with Crippen LogP contribution in [0.15, 0.2) is 12.4 Å². The molecule has 0 atom stereocenters. The van der Waals surface area contributed by atoms with Gasteiger partial charge in [0.2, 0.25) is 0 Å². The molecule has 2 N–H and O–H groups in total. The summed E-state index contributed by atoms with van der Waals surface area (Å²) in [6.07, 6.45) is 3.35. The minimum atomic E-state index is 0.157. The summed E-state index contributed by atoms with van der Waals surface area (Å²) < 4.78 is 0. The maximum atomic E-state index is 5.65. The lowest BCUT2D eigenvalue weighted by molar-refractivity contribution is 0.138. The molecule has 16 heavy (non-hydrogen) atoms. The first-order valence-corrected chi connectivity index (χ1v) is 5.53. The van der Waals surface area contributed by atoms with E-state index in [-0.39, 0.29) is 5.54 Å². The third kappa shape index (κ3) is 2.09. The van der Waals surface area contributed by atoms with Gasteiger partial charge in [-0.3, -0.25) is 9.88 Å². The highest BCUT2D eigenvalue weighted by molar-refractivity contribution is 5.42. The molecule has 2 rings (SSSR count). The van der Waals surface area contributed by atoms with Crippen molar-refractivity contribution in [3.8, 4) is 0 Å². The molecule has 0 aliphatic carbocycles. The number of nitrogen functional groups attached to an aromatic ring is 1. The normalized spacial score (nSPS) is 21.1. The summed E-state index contributed by atoms with van der Waals surface area (Å²) in [5, 5.41) is 0. The maximum Gasteiger partial charge on any atom is 0.149 e. The molecule has 2 heterocycles. The zero-order valence-corrected chi connectivity index (χ0v) is 10.1. The molecule has 88 valence electrons. The van der Waals surface area contributed by atoms with Crippen molar-refractivity contribution in [2.75, 3.05) is 37.3 Å². The Morgan fingerprint density at radius 2 is 2.06 bits per heavy atom. The first-order chi connectivity index (χ1) is 7.49. The van der Waals surface area contributed by atoms with Gasteiger partial charge in [0, 0.05) is 25.2 Å². The molecule has 0 aromatic carbocycles. The summed E-state index contributed by atoms with van der Waals surface area (Å²) in [4.78, 5) is 13.0. The minimum Gasteiger partial charge on any atom is -0.382 e. The van der Waals surface area contributed by atoms with Gasteiger partial charge >= 0.3 is 0 Å². The number of aromatic nitrogens is 2. The van der Waals surface area contributed by atoms with Crippen LogP contribution in [-0.2, 0) is 0 Å². The molecule has 5 nitrogen and oxygen atoms in total. The van der Waals surface area contributed by atoms with Crippen molar-refractivity contribution < 1.29 is 0 Å². The van der Waals surface area contributed by atoms with Gasteiger partial charge in [-0.1, -0.05) is 0 Å². The second-order valence-corrected chi connectivity index (χ2v) is 4.96. The molecule has 1 aromatic heterocycles. The lowest BCUT2D eigenvalue weighted by Crippen LogP contribution is -2.57. The standard InChI is InChI=1S/C11H19N5/c1-11(2)8-16(5-4-15(11)3)10-7-13-6-9(12)14-10/h6-7H,4-5,8H2,1-3H3,(H2,12,14). The van der Waals surface area contributed by atoms with Crippen LogP contribution in [-0.4, -0.2) is 47.1 Å². The molecule has 1 aliphatic heterocycles. The molecule has 1 saturated heterocycles. The number of piperazine rings is 1. The van der Waals surface area contributed by atoms with Crippen LogP contribution in [0, 0.1) is 0 Å². The summed E-state index contributed by atoms with van der Waals surface area (Å²) in [5.74, 6) is 1.36. The predicted octanol–water partition coefficient (Wildman–Crippen LogP) is 0.589. The molecular weight excluding hydrogens is 202 g/mol. The molecule has 1 aromatic rings. The Labute approximate surface area is 96.3 Å². The van der Waals surface area contributed by atoms with Gasteiger partial charge < -0.3 is 10.6 Å². The van der Waals surface area contributed by atoms with Crippen molar-refractivity contribution in [3.63, 3.8) is 0 Å². The molecule has 0 amide bonds. The Bertz CT molecular complexity index is 376. The number of rotatable bonds is 1. The monoisotopic (exact) mass is 221 g/mol. The van der Waals surface area contributed by atoms with Crippen LogP contribution in [0.25, 0.3) is 0 Å². The quantitative estimate of drug-likeness (QED) is 0.752. The fourth-order valence-corrected chi connectivity index (χ4v) is 1.96. The fraction of sp³-hybridized carbons (Fsp3) is 0.636. The van der Waals surface area contributed by atoms with Crippen LogP contribution >= 0.6 is 0 Å². The Balaban J connectivity index is 2.18. The minimum absolute atomic E-state index is 0.157. The highest BCUT2D eigenvalue weighted by Gasteiger charge is 2.31. The van der Waals surface area contributed by atoms with Crippen molar-refractivity contribution in [1.82, 2.24) is 14.9 Å². The van der Waals surface area contributed by atoms with Crippen LogP contribution in [0.3, 0.4) is 0 Å². The summed E-state index contributed by atoms with van der Waals surface area (Å²) in [7, 11) is 2.16. The molecule has 0 bridgehead atoms. The third-order valence-electron chi connectivity index (χ3n) is 3.28. The topological polar surface area (TPSA) is 58.3 Å². The smallest absolute Gasteiger partial charge is 0.149 e. The van der Waals surface area contributed by atoms with Crippen molar-refractivity contribution in [2.45, 2.75) is 19.4 Å². The fourth-order valence-electron chi connectivity index (χ4n) is 1.96. The number of nitrogens with zero attached hydrogens (tertiary/aromatic N) is 4. The summed E-state index contributed by atoms with van der Waals surface area (Å²) in [6.45, 7) is 7.42. The van der Waals surface area contributed by atoms with E-state index in [9.17, 15) is 0 Å². The van der Waals surface area contributed by atoms with Gasteiger partial charge in [0.15, 0.2) is 0 Å². The van der Waals surface area contributed by atoms with Crippen LogP contribution in [0.4, 0.5) is 11.6 Å². The van der Waals surface area contributed by atoms with E-state index in [1.807, 2.05) is 0 Å². The summed E-state index contributed by atoms with van der Waals surface area (Å²) in [5.41, 5.74) is 5.81. The van der Waals surface area contributed by atoms with Crippen LogP contribution < -0.4 is 10.6 Å². The molecule has 5 heteroatoms. The first kappa shape index (κ1) is 11.1. The number of nitrogens with two attached hydrogens (primary N) is 1. The second kappa shape index (κ2) is 3.90. The van der Waals surface area contributed by atoms with Gasteiger partial charge in [-0.25, -0.2) is 4.98 Å². The zero-order valence-electron chi connectivity index (χ0n) is 10.1. The lowest BCUT2D eigenvalue weighted by atomic mass is 10.00. The Morgan fingerprint density at radius 1 is 1.31 bits per heavy atom. The number of likely N-dealkylation sites (N-methyl/N-ethyl adjacent to an activating group) is 1. The molecule has 0 spiro atoms. The number of anilines is 2. The Kier molecular flexibility index (Phi) is 2.71. The van der Waals surface area contributed by atoms with Crippen LogP contribution in [0.1, 0.15) is 13.8 Å². The average molecular weight is 221 g/mol. The van der Waals surface area contributed by atoms with E-state index in [4.69, 9.17) is 5.73 Å². The first-order valence-electron chi connectivity index (χ1n) is 5.53. The van der Waals surface area contributed by atoms with Gasteiger partial charge in [0.25, 0.3) is 0 Å². The molecule has 0 radical (unpaired) electrons. The average Bonchev–Trinajstić information content (AvgIpc) is 2.22. The van der Waals surface area contributed by atoms with Crippen molar-refractivity contribution in [1.29, 1.82) is 0 Å². The zero-order chi connectivity index (χ0) is 11.8. The Morgan fingerprint density at radius 3 is 2.69 bits per heavy atom. The largest absolute Gasteiger partial charge is 0.382 e. The molecule has 0 saturated carbocycles. The van der Waals surface area contributed by atoms with Crippen molar-refractivity contribution in [2.24, 2.45) is 0 Å². The van der Waals surface area contributed by atoms with E-state index in [1.165, 1.54) is 0 Å². The van der Waals surface area contributed by atoms with Gasteiger partial charge in [-0.15, -0.1) is 0 Å². The number of hydrogen-bond acceptors (Lipinski definition) is 5. The molecule has 1 fully saturated rings. The van der Waals surface area contributed by atoms with Gasteiger partial charge in [0.05, 0.1) is 12.4 Å². The predicted molar refractivity (Wildman–Crippen MR) is 65.4 cm³/mol. The Hall–Kier alpha value is -1.36. The van der Waals surface area contributed by atoms with Crippen molar-refractivity contribution >= 4 is 11.6 Å². The lowest BCUT2D eigenvalue weighted by Gasteiger charge is -2.45. The summed E-state index contributed by atoms with van der Waals surface area (Å²) >= 11 is 0. The van der Waals surface area contributed by atoms with E-state index in [0.29, 0.717) is 5.82 Å². The molecular formula is C11H19N5. The second-order valence-electron chi connectivity index (χ2n) is 4.96. The SMILES string of the molecule is CN1CCN(c2cncc(N)n2)CC1(C)C. The van der Waals surface area contributed by atoms with Gasteiger partial charge in [-0.2, -0.15) is 0 Å². The van der Waals surface area contributed by atoms with E-state index >= 15 is 0 Å². The molecule has 0 unspecified atom stereocenters. The van der Waals surface area contributed by atoms with Crippen LogP contribution in [0.5, 0.6) is 0 Å². The van der Waals surface area contributed by atoms with Crippen LogP contribution in [0.2, 0.25) is 0 Å². The third-order valence-corrected chi connectivity index (χ3v) is 3.28. The highest BCUT2D eigenvalue weighted by atomic mass is 15.3. The molecule has 1 aliphatic rings. The van der Waals surface area contributed by atoms with E-state index in [0.717, 1.165) is 25.5 Å². The van der Waals surface area contributed by atoms with Gasteiger partial charge in [0.1, 0.15) is 11.6 Å². The van der Waals surface area contributed by atoms with Crippen molar-refractivity contribution in [3.05, 3.63) is 12.4 Å². The number of hydrogen-bond donors (Lipinski definition) is 1. The van der Waals surface area contributed by atoms with E-state index < -0.39 is 0 Å². The maximum absolute atomic E-state index is 5.65. The highest BCUT2D eigenvalue weighted by Crippen LogP contribution is 2.22. The van der Waals surface area contributed by atoms with Gasteiger partial charge in [-0.05, 0) is 20.9 Å². The summed E-state index contributed by atoms with van der Waals surface area (Å²) in [6, 6.07) is 0. The van der Waals surface area contributed by atoms with E-state index in [1.54, 1.807) is 12.4 Å².